The number of amides is 1. The molecule has 1 aromatic carbocycles. The van der Waals surface area contributed by atoms with Gasteiger partial charge in [-0.25, -0.2) is 0 Å². The number of carboxylic acids is 1. The minimum absolute atomic E-state index is 0.0976. The van der Waals surface area contributed by atoms with Gasteiger partial charge in [-0.05, 0) is 25.8 Å². The molecule has 0 aliphatic rings. The Balaban J connectivity index is 2.67. The molecule has 0 bridgehead atoms. The molecule has 0 saturated heterocycles. The molecule has 110 valence electrons. The first kappa shape index (κ1) is 16.2. The van der Waals surface area contributed by atoms with Gasteiger partial charge in [0.15, 0.2) is 0 Å². The van der Waals surface area contributed by atoms with Crippen LogP contribution in [0, 0.1) is 6.92 Å². The molecular weight excluding hydrogens is 256 g/mol. The van der Waals surface area contributed by atoms with Crippen LogP contribution < -0.4 is 5.73 Å². The number of rotatable bonds is 6. The van der Waals surface area contributed by atoms with Crippen molar-refractivity contribution in [1.82, 2.24) is 4.90 Å². The van der Waals surface area contributed by atoms with Crippen LogP contribution in [0.5, 0.6) is 0 Å². The van der Waals surface area contributed by atoms with Crippen LogP contribution in [-0.2, 0) is 9.59 Å². The highest BCUT2D eigenvalue weighted by molar-refractivity contribution is 5.82. The van der Waals surface area contributed by atoms with Gasteiger partial charge < -0.3 is 15.7 Å². The lowest BCUT2D eigenvalue weighted by Crippen LogP contribution is -2.43. The second-order valence-electron chi connectivity index (χ2n) is 5.07. The quantitative estimate of drug-likeness (QED) is 0.829. The van der Waals surface area contributed by atoms with Crippen LogP contribution in [0.4, 0.5) is 0 Å². The first-order valence-electron chi connectivity index (χ1n) is 6.63. The van der Waals surface area contributed by atoms with E-state index in [-0.39, 0.29) is 24.8 Å². The zero-order valence-corrected chi connectivity index (χ0v) is 12.2. The van der Waals surface area contributed by atoms with Gasteiger partial charge in [0.25, 0.3) is 0 Å². The summed E-state index contributed by atoms with van der Waals surface area (Å²) in [7, 11) is 1.69. The largest absolute Gasteiger partial charge is 0.481 e. The summed E-state index contributed by atoms with van der Waals surface area (Å²) in [5.74, 6) is -1.18. The second kappa shape index (κ2) is 7.05. The van der Waals surface area contributed by atoms with Crippen molar-refractivity contribution in [1.29, 1.82) is 0 Å². The maximum absolute atomic E-state index is 12.1. The third-order valence-electron chi connectivity index (χ3n) is 3.47. The van der Waals surface area contributed by atoms with Crippen molar-refractivity contribution in [2.75, 3.05) is 7.05 Å². The van der Waals surface area contributed by atoms with Gasteiger partial charge in [-0.15, -0.1) is 0 Å². The fraction of sp³-hybridized carbons (Fsp3) is 0.467. The van der Waals surface area contributed by atoms with Gasteiger partial charge in [0, 0.05) is 13.5 Å². The Morgan fingerprint density at radius 1 is 1.30 bits per heavy atom. The Kier molecular flexibility index (Phi) is 5.70. The van der Waals surface area contributed by atoms with Crippen molar-refractivity contribution < 1.29 is 14.7 Å². The molecule has 1 aromatic rings. The number of carboxylic acid groups (broad SMARTS) is 1. The highest BCUT2D eigenvalue weighted by atomic mass is 16.4. The molecular formula is C15H22N2O3. The van der Waals surface area contributed by atoms with Gasteiger partial charge in [-0.3, -0.25) is 9.59 Å². The number of hydrogen-bond acceptors (Lipinski definition) is 3. The maximum atomic E-state index is 12.1. The fourth-order valence-electron chi connectivity index (χ4n) is 1.92. The molecule has 0 aromatic heterocycles. The zero-order valence-electron chi connectivity index (χ0n) is 12.2. The normalized spacial score (nSPS) is 13.6. The van der Waals surface area contributed by atoms with Crippen LogP contribution in [-0.4, -0.2) is 35.0 Å². The van der Waals surface area contributed by atoms with E-state index in [1.807, 2.05) is 38.1 Å². The Morgan fingerprint density at radius 3 is 2.35 bits per heavy atom. The van der Waals surface area contributed by atoms with E-state index in [2.05, 4.69) is 0 Å². The average molecular weight is 278 g/mol. The Morgan fingerprint density at radius 2 is 1.85 bits per heavy atom. The number of aliphatic carboxylic acids is 1. The molecule has 5 heteroatoms. The highest BCUT2D eigenvalue weighted by Crippen LogP contribution is 2.20. The standard InChI is InChI=1S/C15H22N2O3/c1-10-4-6-12(7-5-10)11(2)17(3)15(20)13(16)8-9-14(18)19/h4-7,11,13H,8-9,16H2,1-3H3,(H,18,19). The number of carbonyl (C=O) groups is 2. The molecule has 0 spiro atoms. The Labute approximate surface area is 119 Å². The summed E-state index contributed by atoms with van der Waals surface area (Å²) in [4.78, 5) is 24.2. The average Bonchev–Trinajstić information content (AvgIpc) is 2.43. The van der Waals surface area contributed by atoms with E-state index >= 15 is 0 Å². The van der Waals surface area contributed by atoms with Crippen molar-refractivity contribution in [3.63, 3.8) is 0 Å². The molecule has 0 aliphatic heterocycles. The number of likely N-dealkylation sites (N-methyl/N-ethyl adjacent to an activating group) is 1. The third kappa shape index (κ3) is 4.35. The van der Waals surface area contributed by atoms with Crippen molar-refractivity contribution in [3.05, 3.63) is 35.4 Å². The summed E-state index contributed by atoms with van der Waals surface area (Å²) >= 11 is 0. The molecule has 2 unspecified atom stereocenters. The summed E-state index contributed by atoms with van der Waals surface area (Å²) in [5.41, 5.74) is 7.94. The SMILES string of the molecule is Cc1ccc(C(C)N(C)C(=O)C(N)CCC(=O)O)cc1. The molecule has 0 fully saturated rings. The summed E-state index contributed by atoms with van der Waals surface area (Å²) in [5, 5.41) is 8.62. The molecule has 0 radical (unpaired) electrons. The molecule has 0 saturated carbocycles. The third-order valence-corrected chi connectivity index (χ3v) is 3.47. The van der Waals surface area contributed by atoms with Crippen molar-refractivity contribution in [2.24, 2.45) is 5.73 Å². The predicted molar refractivity (Wildman–Crippen MR) is 77.2 cm³/mol. The van der Waals surface area contributed by atoms with Crippen LogP contribution in [0.2, 0.25) is 0 Å². The minimum Gasteiger partial charge on any atom is -0.481 e. The zero-order chi connectivity index (χ0) is 15.3. The monoisotopic (exact) mass is 278 g/mol. The van der Waals surface area contributed by atoms with Gasteiger partial charge in [-0.2, -0.15) is 0 Å². The Hall–Kier alpha value is -1.88. The van der Waals surface area contributed by atoms with E-state index in [1.54, 1.807) is 11.9 Å². The van der Waals surface area contributed by atoms with E-state index in [0.29, 0.717) is 0 Å². The number of hydrogen-bond donors (Lipinski definition) is 2. The molecule has 5 nitrogen and oxygen atoms in total. The second-order valence-corrected chi connectivity index (χ2v) is 5.07. The fourth-order valence-corrected chi connectivity index (χ4v) is 1.92. The summed E-state index contributed by atoms with van der Waals surface area (Å²) in [6.07, 6.45) is 0.0543. The van der Waals surface area contributed by atoms with Gasteiger partial charge in [0.05, 0.1) is 12.1 Å². The molecule has 3 N–H and O–H groups in total. The first-order valence-corrected chi connectivity index (χ1v) is 6.63. The molecule has 1 rings (SSSR count). The molecule has 20 heavy (non-hydrogen) atoms. The van der Waals surface area contributed by atoms with E-state index in [0.717, 1.165) is 11.1 Å². The van der Waals surface area contributed by atoms with Crippen LogP contribution in [0.25, 0.3) is 0 Å². The topological polar surface area (TPSA) is 83.6 Å². The number of aryl methyl sites for hydroxylation is 1. The minimum atomic E-state index is -0.942. The molecule has 0 heterocycles. The van der Waals surface area contributed by atoms with E-state index in [4.69, 9.17) is 10.8 Å². The van der Waals surface area contributed by atoms with E-state index < -0.39 is 12.0 Å². The van der Waals surface area contributed by atoms with Crippen molar-refractivity contribution in [3.8, 4) is 0 Å². The summed E-state index contributed by atoms with van der Waals surface area (Å²) < 4.78 is 0. The first-order chi connectivity index (χ1) is 9.32. The van der Waals surface area contributed by atoms with Crippen LogP contribution in [0.3, 0.4) is 0 Å². The summed E-state index contributed by atoms with van der Waals surface area (Å²) in [6.45, 7) is 3.93. The predicted octanol–water partition coefficient (Wildman–Crippen LogP) is 1.71. The Bertz CT molecular complexity index is 471. The van der Waals surface area contributed by atoms with Gasteiger partial charge in [0.2, 0.25) is 5.91 Å². The molecule has 2 atom stereocenters. The van der Waals surface area contributed by atoms with Crippen LogP contribution in [0.15, 0.2) is 24.3 Å². The lowest BCUT2D eigenvalue weighted by atomic mass is 10.0. The van der Waals surface area contributed by atoms with Gasteiger partial charge >= 0.3 is 5.97 Å². The number of nitrogens with two attached hydrogens (primary N) is 1. The molecule has 1 amide bonds. The van der Waals surface area contributed by atoms with Crippen molar-refractivity contribution >= 4 is 11.9 Å². The van der Waals surface area contributed by atoms with E-state index in [9.17, 15) is 9.59 Å². The van der Waals surface area contributed by atoms with Crippen molar-refractivity contribution in [2.45, 2.75) is 38.8 Å². The number of carbonyl (C=O) groups excluding carboxylic acids is 1. The van der Waals surface area contributed by atoms with Crippen LogP contribution >= 0.6 is 0 Å². The molecule has 0 aliphatic carbocycles. The highest BCUT2D eigenvalue weighted by Gasteiger charge is 2.23. The van der Waals surface area contributed by atoms with Gasteiger partial charge in [-0.1, -0.05) is 29.8 Å². The van der Waals surface area contributed by atoms with Gasteiger partial charge in [0.1, 0.15) is 0 Å². The lowest BCUT2D eigenvalue weighted by Gasteiger charge is -2.28. The smallest absolute Gasteiger partial charge is 0.303 e. The number of benzene rings is 1. The lowest BCUT2D eigenvalue weighted by molar-refractivity contribution is -0.137. The summed E-state index contributed by atoms with van der Waals surface area (Å²) in [6, 6.07) is 7.07. The van der Waals surface area contributed by atoms with E-state index in [1.165, 1.54) is 0 Å². The number of nitrogens with zero attached hydrogens (tertiary/aromatic N) is 1. The maximum Gasteiger partial charge on any atom is 0.303 e. The van der Waals surface area contributed by atoms with Crippen LogP contribution in [0.1, 0.15) is 36.9 Å².